The molecule has 3 saturated carbocycles. The van der Waals surface area contributed by atoms with Crippen LogP contribution in [0.25, 0.3) is 0 Å². The summed E-state index contributed by atoms with van der Waals surface area (Å²) in [4.78, 5) is 15.4. The first kappa shape index (κ1) is 54.5. The fourth-order valence-corrected chi connectivity index (χ4v) is 13.7. The van der Waals surface area contributed by atoms with Crippen molar-refractivity contribution in [1.29, 1.82) is 0 Å². The Hall–Kier alpha value is -1.41. The normalized spacial score (nSPS) is 29.0. The number of likely N-dealkylation sites (tertiary alicyclic amines) is 1. The summed E-state index contributed by atoms with van der Waals surface area (Å²) in [5.74, 6) is 5.00. The Morgan fingerprint density at radius 1 is 0.738 bits per heavy atom. The van der Waals surface area contributed by atoms with Crippen molar-refractivity contribution < 1.29 is 28.5 Å². The minimum absolute atomic E-state index is 0.0472. The van der Waals surface area contributed by atoms with E-state index in [1.807, 2.05) is 0 Å². The predicted molar refractivity (Wildman–Crippen MR) is 270 cm³/mol. The van der Waals surface area contributed by atoms with Gasteiger partial charge >= 0.3 is 6.16 Å². The summed E-state index contributed by atoms with van der Waals surface area (Å²) in [7, 11) is 0. The highest BCUT2D eigenvalue weighted by Crippen LogP contribution is 2.67. The molecule has 0 spiro atoms. The third kappa shape index (κ3) is 18.1. The van der Waals surface area contributed by atoms with Crippen LogP contribution in [0.5, 0.6) is 0 Å². The number of ether oxygens (including phenoxy) is 5. The van der Waals surface area contributed by atoms with Crippen molar-refractivity contribution in [1.82, 2.24) is 4.90 Å². The second-order valence-electron chi connectivity index (χ2n) is 22.9. The Balaban J connectivity index is 0.899. The number of carbonyl (C=O) groups excluding carboxylic acids is 1. The highest BCUT2D eigenvalue weighted by molar-refractivity contribution is 5.60. The molecule has 0 amide bonds. The van der Waals surface area contributed by atoms with E-state index in [0.717, 1.165) is 87.4 Å². The van der Waals surface area contributed by atoms with Gasteiger partial charge in [0.1, 0.15) is 12.7 Å². The van der Waals surface area contributed by atoms with Gasteiger partial charge in [0.2, 0.25) is 0 Å². The van der Waals surface area contributed by atoms with E-state index in [1.165, 1.54) is 154 Å². The van der Waals surface area contributed by atoms with Gasteiger partial charge in [0.05, 0.1) is 32.5 Å². The van der Waals surface area contributed by atoms with Crippen molar-refractivity contribution in [3.8, 4) is 0 Å². The van der Waals surface area contributed by atoms with Crippen molar-refractivity contribution >= 4 is 6.16 Å². The first-order chi connectivity index (χ1) is 31.6. The molecule has 1 heterocycles. The van der Waals surface area contributed by atoms with Gasteiger partial charge in [-0.2, -0.15) is 0 Å². The third-order valence-electron chi connectivity index (χ3n) is 17.6. The lowest BCUT2D eigenvalue weighted by molar-refractivity contribution is -0.0648. The lowest BCUT2D eigenvalue weighted by Gasteiger charge is -2.58. The monoisotopic (exact) mass is 910 g/mol. The molecule has 376 valence electrons. The second-order valence-corrected chi connectivity index (χ2v) is 22.9. The fraction of sp³-hybridized carbons (Fsp3) is 0.914. The third-order valence-corrected chi connectivity index (χ3v) is 17.6. The van der Waals surface area contributed by atoms with E-state index in [-0.39, 0.29) is 24.2 Å². The lowest BCUT2D eigenvalue weighted by atomic mass is 9.47. The van der Waals surface area contributed by atoms with Crippen LogP contribution in [0.2, 0.25) is 0 Å². The first-order valence-corrected chi connectivity index (χ1v) is 28.3. The van der Waals surface area contributed by atoms with Crippen LogP contribution in [0.4, 0.5) is 4.79 Å². The summed E-state index contributed by atoms with van der Waals surface area (Å²) < 4.78 is 29.8. The van der Waals surface area contributed by atoms with Crippen molar-refractivity contribution in [2.45, 2.75) is 234 Å². The number of fused-ring (bicyclic) bond motifs is 5. The Kier molecular flexibility index (Phi) is 25.4. The molecule has 5 aliphatic rings. The fourth-order valence-electron chi connectivity index (χ4n) is 13.7. The molecule has 0 bridgehead atoms. The zero-order valence-electron chi connectivity index (χ0n) is 43.4. The van der Waals surface area contributed by atoms with Gasteiger partial charge < -0.3 is 28.6 Å². The van der Waals surface area contributed by atoms with E-state index in [2.05, 4.69) is 64.7 Å². The average Bonchev–Trinajstić information content (AvgIpc) is 3.66. The van der Waals surface area contributed by atoms with E-state index in [1.54, 1.807) is 5.57 Å². The van der Waals surface area contributed by atoms with Crippen molar-refractivity contribution in [2.75, 3.05) is 59.3 Å². The van der Waals surface area contributed by atoms with Gasteiger partial charge in [-0.15, -0.1) is 0 Å². The number of piperidine rings is 1. The van der Waals surface area contributed by atoms with E-state index < -0.39 is 6.16 Å². The molecule has 0 aromatic carbocycles. The quantitative estimate of drug-likeness (QED) is 0.0369. The molecular formula is C58H103NO6. The number of hydrogen-bond acceptors (Lipinski definition) is 7. The molecule has 1 aliphatic heterocycles. The lowest BCUT2D eigenvalue weighted by Crippen LogP contribution is -2.51. The highest BCUT2D eigenvalue weighted by Gasteiger charge is 2.59. The molecule has 0 radical (unpaired) electrons. The smallest absolute Gasteiger partial charge is 0.432 e. The van der Waals surface area contributed by atoms with Crippen LogP contribution in [0.3, 0.4) is 0 Å². The minimum atomic E-state index is -0.554. The number of carbonyl (C=O) groups is 1. The molecule has 1 saturated heterocycles. The van der Waals surface area contributed by atoms with Gasteiger partial charge in [0, 0.05) is 19.6 Å². The molecule has 5 rings (SSSR count). The molecule has 0 aromatic heterocycles. The summed E-state index contributed by atoms with van der Waals surface area (Å²) in [6, 6.07) is 0. The molecule has 9 atom stereocenters. The van der Waals surface area contributed by atoms with Crippen LogP contribution >= 0.6 is 0 Å². The Bertz CT molecular complexity index is 1340. The SMILES string of the molecule is CCCCCCCCC=CCCCCCCCCOCC(CN1CCCCC1)OCCOCCOC(=O)O[C@H]1CC[C@@]2(C)C(=CC[C@H]3[C@@H]4CC[C@H]([C@H](C)CCCC(C)C)[C@@]4(C)CC[C@@H]32)C1. The minimum Gasteiger partial charge on any atom is -0.432 e. The molecule has 1 unspecified atom stereocenters. The maximum Gasteiger partial charge on any atom is 0.508 e. The van der Waals surface area contributed by atoms with Crippen LogP contribution < -0.4 is 0 Å². The largest absolute Gasteiger partial charge is 0.508 e. The number of allylic oxidation sites excluding steroid dienone is 3. The molecule has 7 nitrogen and oxygen atoms in total. The van der Waals surface area contributed by atoms with Crippen LogP contribution in [-0.2, 0) is 23.7 Å². The van der Waals surface area contributed by atoms with Gasteiger partial charge in [-0.25, -0.2) is 4.79 Å². The molecular weight excluding hydrogens is 807 g/mol. The summed E-state index contributed by atoms with van der Waals surface area (Å²) in [5.41, 5.74) is 2.30. The zero-order valence-corrected chi connectivity index (χ0v) is 43.4. The van der Waals surface area contributed by atoms with Crippen molar-refractivity contribution in [3.63, 3.8) is 0 Å². The first-order valence-electron chi connectivity index (χ1n) is 28.3. The van der Waals surface area contributed by atoms with Gasteiger partial charge in [-0.05, 0) is 149 Å². The molecule has 7 heteroatoms. The van der Waals surface area contributed by atoms with Crippen LogP contribution in [0, 0.1) is 46.3 Å². The maximum atomic E-state index is 12.8. The Labute approximate surface area is 401 Å². The van der Waals surface area contributed by atoms with E-state index >= 15 is 0 Å². The number of nitrogens with zero attached hydrogens (tertiary/aromatic N) is 1. The van der Waals surface area contributed by atoms with Gasteiger partial charge in [-0.1, -0.05) is 149 Å². The standard InChI is InChI=1S/C58H103NO6/c1-7-8-9-10-11-12-13-14-15-16-17-18-19-20-21-25-39-62-46-51(45-59-37-23-22-24-38-59)63-42-40-61-41-43-64-56(60)65-50-33-35-57(5)49(44-50)29-30-52-54-32-31-53(48(4)28-26-27-47(2)3)58(54,6)36-34-55(52)57/h14-15,29,47-48,50-55H,7-13,16-28,30-46H2,1-6H3/t48-,50+,51?,52+,53-,54+,55+,57+,58-/m1/s1. The maximum absolute atomic E-state index is 12.8. The molecule has 65 heavy (non-hydrogen) atoms. The zero-order chi connectivity index (χ0) is 46.2. The average molecular weight is 910 g/mol. The summed E-state index contributed by atoms with van der Waals surface area (Å²) in [6.45, 7) is 21.0. The highest BCUT2D eigenvalue weighted by atomic mass is 16.7. The van der Waals surface area contributed by atoms with Crippen molar-refractivity contribution in [2.24, 2.45) is 46.3 Å². The molecule has 0 aromatic rings. The van der Waals surface area contributed by atoms with Crippen LogP contribution in [-0.4, -0.2) is 82.5 Å². The van der Waals surface area contributed by atoms with Gasteiger partial charge in [0.15, 0.2) is 0 Å². The molecule has 4 aliphatic carbocycles. The molecule has 0 N–H and O–H groups in total. The van der Waals surface area contributed by atoms with E-state index in [4.69, 9.17) is 23.7 Å². The Morgan fingerprint density at radius 2 is 1.45 bits per heavy atom. The topological polar surface area (TPSA) is 66.5 Å². The number of hydrogen-bond donors (Lipinski definition) is 0. The summed E-state index contributed by atoms with van der Waals surface area (Å²) >= 11 is 0. The summed E-state index contributed by atoms with van der Waals surface area (Å²) in [6.07, 6.45) is 43.1. The van der Waals surface area contributed by atoms with Crippen LogP contribution in [0.1, 0.15) is 221 Å². The predicted octanol–water partition coefficient (Wildman–Crippen LogP) is 15.5. The summed E-state index contributed by atoms with van der Waals surface area (Å²) in [5, 5.41) is 0. The number of unbranched alkanes of at least 4 members (excludes halogenated alkanes) is 12. The molecule has 4 fully saturated rings. The Morgan fingerprint density at radius 3 is 2.18 bits per heavy atom. The van der Waals surface area contributed by atoms with Gasteiger partial charge in [-0.3, -0.25) is 0 Å². The van der Waals surface area contributed by atoms with Crippen LogP contribution in [0.15, 0.2) is 23.8 Å². The van der Waals surface area contributed by atoms with E-state index in [0.29, 0.717) is 31.8 Å². The second kappa shape index (κ2) is 30.3. The van der Waals surface area contributed by atoms with Crippen molar-refractivity contribution in [3.05, 3.63) is 23.8 Å². The van der Waals surface area contributed by atoms with Gasteiger partial charge in [0.25, 0.3) is 0 Å². The van der Waals surface area contributed by atoms with E-state index in [9.17, 15) is 4.79 Å². The number of rotatable bonds is 33.